The highest BCUT2D eigenvalue weighted by Crippen LogP contribution is 2.18. The van der Waals surface area contributed by atoms with E-state index in [1.165, 1.54) is 18.7 Å². The van der Waals surface area contributed by atoms with Gasteiger partial charge in [-0.25, -0.2) is 9.89 Å². The normalized spacial score (nSPS) is 20.9. The van der Waals surface area contributed by atoms with E-state index in [1.807, 2.05) is 0 Å². The summed E-state index contributed by atoms with van der Waals surface area (Å²) in [6.45, 7) is 4.95. The number of piperazine rings is 1. The van der Waals surface area contributed by atoms with Crippen LogP contribution < -0.4 is 5.69 Å². The average Bonchev–Trinajstić information content (AvgIpc) is 3.24. The summed E-state index contributed by atoms with van der Waals surface area (Å²) in [4.78, 5) is 39.1. The molecule has 2 amide bonds. The van der Waals surface area contributed by atoms with E-state index in [0.29, 0.717) is 37.9 Å². The number of carbonyl (C=O) groups is 2. The highest BCUT2D eigenvalue weighted by Gasteiger charge is 2.24. The second-order valence-corrected chi connectivity index (χ2v) is 7.17. The predicted octanol–water partition coefficient (Wildman–Crippen LogP) is -0.467. The number of hydrogen-bond acceptors (Lipinski definition) is 6. The van der Waals surface area contributed by atoms with Crippen molar-refractivity contribution in [2.45, 2.75) is 37.6 Å². The van der Waals surface area contributed by atoms with Crippen LogP contribution in [-0.4, -0.2) is 81.0 Å². The topological polar surface area (TPSA) is 101 Å². The van der Waals surface area contributed by atoms with Gasteiger partial charge < -0.3 is 14.5 Å². The van der Waals surface area contributed by atoms with Crippen LogP contribution in [0.5, 0.6) is 0 Å². The number of nitrogens with zero attached hydrogens (tertiary/aromatic N) is 4. The first-order valence-electron chi connectivity index (χ1n) is 8.47. The number of H-pyrrole nitrogens is 1. The zero-order valence-corrected chi connectivity index (χ0v) is 15.1. The summed E-state index contributed by atoms with van der Waals surface area (Å²) in [5.74, 6) is 0.249. The number of rotatable bonds is 5. The first-order valence-corrected chi connectivity index (χ1v) is 9.46. The Kier molecular flexibility index (Phi) is 5.79. The van der Waals surface area contributed by atoms with Gasteiger partial charge in [0.15, 0.2) is 5.16 Å². The zero-order chi connectivity index (χ0) is 17.8. The van der Waals surface area contributed by atoms with E-state index in [-0.39, 0.29) is 29.4 Å². The Morgan fingerprint density at radius 1 is 1.28 bits per heavy atom. The minimum Gasteiger partial charge on any atom is -0.376 e. The third-order valence-corrected chi connectivity index (χ3v) is 5.50. The molecule has 0 unspecified atom stereocenters. The summed E-state index contributed by atoms with van der Waals surface area (Å²) < 4.78 is 7.11. The molecule has 10 heteroatoms. The van der Waals surface area contributed by atoms with Gasteiger partial charge >= 0.3 is 5.69 Å². The summed E-state index contributed by atoms with van der Waals surface area (Å²) in [6, 6.07) is 0. The summed E-state index contributed by atoms with van der Waals surface area (Å²) in [7, 11) is 0. The van der Waals surface area contributed by atoms with Gasteiger partial charge in [0.2, 0.25) is 11.8 Å². The first kappa shape index (κ1) is 18.0. The van der Waals surface area contributed by atoms with Crippen LogP contribution in [0.4, 0.5) is 0 Å². The fourth-order valence-electron chi connectivity index (χ4n) is 3.05. The van der Waals surface area contributed by atoms with Crippen molar-refractivity contribution >= 4 is 23.6 Å². The van der Waals surface area contributed by atoms with Crippen LogP contribution in [0.15, 0.2) is 9.95 Å². The van der Waals surface area contributed by atoms with Crippen molar-refractivity contribution in [3.05, 3.63) is 10.5 Å². The van der Waals surface area contributed by atoms with E-state index >= 15 is 0 Å². The van der Waals surface area contributed by atoms with Crippen molar-refractivity contribution in [3.8, 4) is 0 Å². The molecule has 3 heterocycles. The number of carbonyl (C=O) groups excluding carboxylic acids is 2. The third kappa shape index (κ3) is 4.43. The van der Waals surface area contributed by atoms with Gasteiger partial charge in [0.05, 0.1) is 18.4 Å². The minimum absolute atomic E-state index is 0.00711. The molecule has 3 rings (SSSR count). The Morgan fingerprint density at radius 2 is 2.00 bits per heavy atom. The van der Waals surface area contributed by atoms with E-state index in [0.717, 1.165) is 19.4 Å². The van der Waals surface area contributed by atoms with Crippen LogP contribution in [-0.2, 0) is 20.9 Å². The predicted molar refractivity (Wildman–Crippen MR) is 91.4 cm³/mol. The first-order chi connectivity index (χ1) is 12.0. The second-order valence-electron chi connectivity index (χ2n) is 6.23. The summed E-state index contributed by atoms with van der Waals surface area (Å²) in [5, 5.41) is 6.97. The van der Waals surface area contributed by atoms with E-state index in [9.17, 15) is 14.4 Å². The van der Waals surface area contributed by atoms with E-state index in [2.05, 4.69) is 10.2 Å². The number of thioether (sulfide) groups is 1. The molecule has 2 aliphatic rings. The van der Waals surface area contributed by atoms with Crippen LogP contribution in [0.1, 0.15) is 19.8 Å². The maximum absolute atomic E-state index is 12.4. The maximum atomic E-state index is 12.4. The number of nitrogens with one attached hydrogen (secondary N) is 1. The smallest absolute Gasteiger partial charge is 0.344 e. The molecule has 138 valence electrons. The molecule has 0 aromatic carbocycles. The van der Waals surface area contributed by atoms with Gasteiger partial charge in [0.1, 0.15) is 0 Å². The highest BCUT2D eigenvalue weighted by atomic mass is 32.2. The third-order valence-electron chi connectivity index (χ3n) is 4.54. The van der Waals surface area contributed by atoms with E-state index in [1.54, 1.807) is 14.4 Å². The summed E-state index contributed by atoms with van der Waals surface area (Å²) in [5.41, 5.74) is -0.277. The molecule has 1 atom stereocenters. The number of ether oxygens (including phenoxy) is 1. The number of amides is 2. The van der Waals surface area contributed by atoms with Crippen LogP contribution in [0.3, 0.4) is 0 Å². The Labute approximate surface area is 149 Å². The largest absolute Gasteiger partial charge is 0.376 e. The molecule has 0 aliphatic carbocycles. The van der Waals surface area contributed by atoms with Crippen LogP contribution in [0.25, 0.3) is 0 Å². The molecule has 1 aromatic rings. The Hall–Kier alpha value is -1.81. The quantitative estimate of drug-likeness (QED) is 0.705. The van der Waals surface area contributed by atoms with Gasteiger partial charge in [0, 0.05) is 39.7 Å². The molecule has 0 saturated carbocycles. The van der Waals surface area contributed by atoms with Gasteiger partial charge in [-0.15, -0.1) is 5.10 Å². The fourth-order valence-corrected chi connectivity index (χ4v) is 3.91. The molecule has 0 radical (unpaired) electrons. The fraction of sp³-hybridized carbons (Fsp3) is 0.733. The molecule has 1 N–H and O–H groups in total. The lowest BCUT2D eigenvalue weighted by Gasteiger charge is -2.34. The summed E-state index contributed by atoms with van der Waals surface area (Å²) >= 11 is 1.25. The maximum Gasteiger partial charge on any atom is 0.344 e. The van der Waals surface area contributed by atoms with Crippen molar-refractivity contribution in [2.75, 3.05) is 38.5 Å². The van der Waals surface area contributed by atoms with Crippen LogP contribution in [0, 0.1) is 0 Å². The molecule has 9 nitrogen and oxygen atoms in total. The molecule has 25 heavy (non-hydrogen) atoms. The van der Waals surface area contributed by atoms with Gasteiger partial charge in [-0.05, 0) is 12.8 Å². The van der Waals surface area contributed by atoms with Crippen LogP contribution >= 0.6 is 11.8 Å². The minimum atomic E-state index is -0.277. The highest BCUT2D eigenvalue weighted by molar-refractivity contribution is 7.99. The average molecular weight is 369 g/mol. The Morgan fingerprint density at radius 3 is 2.64 bits per heavy atom. The number of aromatic nitrogens is 3. The van der Waals surface area contributed by atoms with Gasteiger partial charge in [-0.1, -0.05) is 11.8 Å². The monoisotopic (exact) mass is 369 g/mol. The lowest BCUT2D eigenvalue weighted by atomic mass is 10.2. The van der Waals surface area contributed by atoms with E-state index < -0.39 is 0 Å². The van der Waals surface area contributed by atoms with Gasteiger partial charge in [0.25, 0.3) is 0 Å². The Bertz CT molecular complexity index is 674. The summed E-state index contributed by atoms with van der Waals surface area (Å²) in [6.07, 6.45) is 1.97. The molecule has 2 saturated heterocycles. The van der Waals surface area contributed by atoms with Crippen LogP contribution in [0.2, 0.25) is 0 Å². The molecule has 2 aliphatic heterocycles. The van der Waals surface area contributed by atoms with Crippen molar-refractivity contribution in [1.82, 2.24) is 24.6 Å². The molecule has 1 aromatic heterocycles. The van der Waals surface area contributed by atoms with Crippen molar-refractivity contribution < 1.29 is 14.3 Å². The van der Waals surface area contributed by atoms with Crippen molar-refractivity contribution in [2.24, 2.45) is 0 Å². The number of hydrogen-bond donors (Lipinski definition) is 1. The van der Waals surface area contributed by atoms with Gasteiger partial charge in [-0.2, -0.15) is 0 Å². The van der Waals surface area contributed by atoms with Gasteiger partial charge in [-0.3, -0.25) is 14.2 Å². The van der Waals surface area contributed by atoms with Crippen molar-refractivity contribution in [3.63, 3.8) is 0 Å². The zero-order valence-electron chi connectivity index (χ0n) is 14.3. The van der Waals surface area contributed by atoms with Crippen molar-refractivity contribution in [1.29, 1.82) is 0 Å². The van der Waals surface area contributed by atoms with E-state index in [4.69, 9.17) is 4.74 Å². The second kappa shape index (κ2) is 8.05. The SMILES string of the molecule is CC(=O)N1CCN(C(=O)CSc2n[nH]c(=O)n2C[C@@H]2CCCO2)CC1. The lowest BCUT2D eigenvalue weighted by molar-refractivity contribution is -0.136. The number of aromatic amines is 1. The molecular weight excluding hydrogens is 346 g/mol. The molecule has 0 spiro atoms. The molecule has 2 fully saturated rings. The lowest BCUT2D eigenvalue weighted by Crippen LogP contribution is -2.50. The molecule has 0 bridgehead atoms. The standard InChI is InChI=1S/C15H23N5O4S/c1-11(21)18-4-6-19(7-5-18)13(22)10-25-15-17-16-14(23)20(15)9-12-3-2-8-24-12/h12H,2-10H2,1H3,(H,16,23)/t12-/m0/s1. The molecular formula is C15H23N5O4S. The Balaban J connectivity index is 1.52.